The maximum absolute atomic E-state index is 13.6. The van der Waals surface area contributed by atoms with Crippen LogP contribution in [0.2, 0.25) is 0 Å². The summed E-state index contributed by atoms with van der Waals surface area (Å²) in [6.07, 6.45) is -19.0. The van der Waals surface area contributed by atoms with Crippen LogP contribution in [0.1, 0.15) is 16.7 Å². The van der Waals surface area contributed by atoms with Gasteiger partial charge in [-0.15, -0.1) is 26.3 Å². The van der Waals surface area contributed by atoms with E-state index in [1.807, 2.05) is 0 Å². The second-order valence-corrected chi connectivity index (χ2v) is 9.74. The number of anilines is 1. The molecule has 240 valence electrons. The van der Waals surface area contributed by atoms with Crippen molar-refractivity contribution in [2.24, 2.45) is 0 Å². The molecule has 0 atom stereocenters. The first-order chi connectivity index (χ1) is 21.0. The van der Waals surface area contributed by atoms with Crippen molar-refractivity contribution in [2.45, 2.75) is 37.1 Å². The predicted molar refractivity (Wildman–Crippen MR) is 144 cm³/mol. The van der Waals surface area contributed by atoms with Gasteiger partial charge in [0, 0.05) is 23.7 Å². The molecule has 14 heteroatoms. The van der Waals surface area contributed by atoms with Crippen molar-refractivity contribution in [3.05, 3.63) is 120 Å². The summed E-state index contributed by atoms with van der Waals surface area (Å²) >= 11 is 0. The first-order valence-electron chi connectivity index (χ1n) is 13.0. The first kappa shape index (κ1) is 33.3. The lowest BCUT2D eigenvalue weighted by Gasteiger charge is -2.36. The molecule has 0 heterocycles. The maximum atomic E-state index is 13.6. The van der Waals surface area contributed by atoms with Gasteiger partial charge in [0.1, 0.15) is 17.2 Å². The molecule has 0 aliphatic heterocycles. The maximum Gasteiger partial charge on any atom is 0.573 e. The Kier molecular flexibility index (Phi) is 9.74. The number of rotatable bonds is 12. The average Bonchev–Trinajstić information content (AvgIpc) is 2.94. The van der Waals surface area contributed by atoms with Crippen LogP contribution in [0.25, 0.3) is 0 Å². The minimum atomic E-state index is -5.06. The van der Waals surface area contributed by atoms with Crippen LogP contribution >= 0.6 is 0 Å². The normalized spacial score (nSPS) is 12.6. The Morgan fingerprint density at radius 2 is 1.04 bits per heavy atom. The van der Waals surface area contributed by atoms with E-state index in [9.17, 15) is 43.9 Å². The molecule has 0 fully saturated rings. The molecular weight excluding hydrogens is 624 g/mol. The van der Waals surface area contributed by atoms with Crippen molar-refractivity contribution in [3.8, 4) is 17.2 Å². The molecule has 0 saturated heterocycles. The fraction of sp³-hybridized carbons (Fsp3) is 0.226. The standard InChI is InChI=1S/C31H23F10NO3/c32-27(33)29(34,35)43-26-14-6-11-23(17-26)42-19-28(18-20-7-2-1-3-8-20,21-9-4-12-24(15-21)44-30(36,37)38)22-10-5-13-25(16-22)45-31(39,40)41/h1-17,27,42H,18-19H2. The minimum Gasteiger partial charge on any atom is -0.428 e. The molecule has 0 radical (unpaired) electrons. The molecule has 4 aromatic rings. The van der Waals surface area contributed by atoms with Gasteiger partial charge in [0.25, 0.3) is 0 Å². The van der Waals surface area contributed by atoms with Crippen LogP contribution in [0.5, 0.6) is 17.2 Å². The van der Waals surface area contributed by atoms with E-state index in [4.69, 9.17) is 0 Å². The highest BCUT2D eigenvalue weighted by molar-refractivity contribution is 5.53. The molecule has 0 aliphatic rings. The lowest BCUT2D eigenvalue weighted by molar-refractivity contribution is -0.275. The van der Waals surface area contributed by atoms with Crippen molar-refractivity contribution >= 4 is 5.69 Å². The van der Waals surface area contributed by atoms with Crippen LogP contribution in [0.3, 0.4) is 0 Å². The molecule has 0 saturated carbocycles. The summed E-state index contributed by atoms with van der Waals surface area (Å²) in [5.41, 5.74) is -0.443. The van der Waals surface area contributed by atoms with E-state index < -0.39 is 47.9 Å². The Hall–Kier alpha value is -4.62. The van der Waals surface area contributed by atoms with E-state index in [0.717, 1.165) is 36.4 Å². The summed E-state index contributed by atoms with van der Waals surface area (Å²) < 4.78 is 144. The topological polar surface area (TPSA) is 39.7 Å². The van der Waals surface area contributed by atoms with E-state index in [1.54, 1.807) is 30.3 Å². The molecule has 0 aromatic heterocycles. The highest BCUT2D eigenvalue weighted by atomic mass is 19.4. The van der Waals surface area contributed by atoms with Crippen LogP contribution in [-0.4, -0.2) is 31.8 Å². The van der Waals surface area contributed by atoms with Gasteiger partial charge in [0.2, 0.25) is 0 Å². The van der Waals surface area contributed by atoms with Crippen molar-refractivity contribution in [2.75, 3.05) is 11.9 Å². The zero-order valence-corrected chi connectivity index (χ0v) is 22.8. The molecule has 45 heavy (non-hydrogen) atoms. The Bertz CT molecular complexity index is 1500. The number of nitrogens with one attached hydrogen (secondary N) is 1. The summed E-state index contributed by atoms with van der Waals surface area (Å²) in [5.74, 6) is -1.84. The van der Waals surface area contributed by atoms with Crippen molar-refractivity contribution < 1.29 is 58.1 Å². The molecule has 0 amide bonds. The van der Waals surface area contributed by atoms with Gasteiger partial charge < -0.3 is 19.5 Å². The average molecular weight is 648 g/mol. The summed E-state index contributed by atoms with van der Waals surface area (Å²) in [7, 11) is 0. The van der Waals surface area contributed by atoms with Gasteiger partial charge in [-0.05, 0) is 59.5 Å². The highest BCUT2D eigenvalue weighted by Gasteiger charge is 2.44. The smallest absolute Gasteiger partial charge is 0.428 e. The third-order valence-corrected chi connectivity index (χ3v) is 6.53. The van der Waals surface area contributed by atoms with Gasteiger partial charge >= 0.3 is 25.3 Å². The van der Waals surface area contributed by atoms with Crippen LogP contribution in [0.4, 0.5) is 49.6 Å². The number of hydrogen-bond donors (Lipinski definition) is 1. The van der Waals surface area contributed by atoms with Crippen molar-refractivity contribution in [1.29, 1.82) is 0 Å². The summed E-state index contributed by atoms with van der Waals surface area (Å²) in [6, 6.07) is 22.8. The molecule has 1 N–H and O–H groups in total. The van der Waals surface area contributed by atoms with Gasteiger partial charge in [0.15, 0.2) is 0 Å². The van der Waals surface area contributed by atoms with Gasteiger partial charge in [-0.1, -0.05) is 60.7 Å². The second kappa shape index (κ2) is 13.2. The van der Waals surface area contributed by atoms with E-state index in [-0.39, 0.29) is 29.8 Å². The van der Waals surface area contributed by atoms with Crippen LogP contribution < -0.4 is 19.5 Å². The zero-order chi connectivity index (χ0) is 32.9. The minimum absolute atomic E-state index is 0.00851. The number of alkyl halides is 10. The molecule has 0 aliphatic carbocycles. The number of hydrogen-bond acceptors (Lipinski definition) is 4. The third kappa shape index (κ3) is 9.19. The molecular formula is C31H23F10NO3. The number of benzene rings is 4. The molecule has 4 nitrogen and oxygen atoms in total. The number of ether oxygens (including phenoxy) is 3. The van der Waals surface area contributed by atoms with E-state index in [1.165, 1.54) is 36.4 Å². The predicted octanol–water partition coefficient (Wildman–Crippen LogP) is 9.36. The van der Waals surface area contributed by atoms with E-state index in [2.05, 4.69) is 19.5 Å². The fourth-order valence-electron chi connectivity index (χ4n) is 4.69. The van der Waals surface area contributed by atoms with Crippen LogP contribution in [-0.2, 0) is 11.8 Å². The lowest BCUT2D eigenvalue weighted by Crippen LogP contribution is -2.38. The molecule has 4 aromatic carbocycles. The molecule has 0 bridgehead atoms. The van der Waals surface area contributed by atoms with Gasteiger partial charge in [-0.25, -0.2) is 0 Å². The van der Waals surface area contributed by atoms with E-state index >= 15 is 0 Å². The second-order valence-electron chi connectivity index (χ2n) is 9.74. The van der Waals surface area contributed by atoms with Gasteiger partial charge in [-0.3, -0.25) is 0 Å². The quantitative estimate of drug-likeness (QED) is 0.156. The molecule has 0 unspecified atom stereocenters. The van der Waals surface area contributed by atoms with Crippen molar-refractivity contribution in [3.63, 3.8) is 0 Å². The fourth-order valence-corrected chi connectivity index (χ4v) is 4.69. The molecule has 4 rings (SSSR count). The van der Waals surface area contributed by atoms with Crippen LogP contribution in [0, 0.1) is 0 Å². The Morgan fingerprint density at radius 3 is 1.53 bits per heavy atom. The van der Waals surface area contributed by atoms with Crippen LogP contribution in [0.15, 0.2) is 103 Å². The summed E-state index contributed by atoms with van der Waals surface area (Å²) in [6.45, 7) is -0.262. The Morgan fingerprint density at radius 1 is 0.556 bits per heavy atom. The Balaban J connectivity index is 1.85. The van der Waals surface area contributed by atoms with Crippen molar-refractivity contribution in [1.82, 2.24) is 0 Å². The zero-order valence-electron chi connectivity index (χ0n) is 22.8. The first-order valence-corrected chi connectivity index (χ1v) is 13.0. The third-order valence-electron chi connectivity index (χ3n) is 6.53. The number of halogens is 10. The highest BCUT2D eigenvalue weighted by Crippen LogP contribution is 2.41. The SMILES string of the molecule is FC(F)C(F)(F)Oc1cccc(NCC(Cc2ccccc2)(c2cccc(OC(F)(F)F)c2)c2cccc(OC(F)(F)F)c2)c1. The Labute approximate surface area is 250 Å². The summed E-state index contributed by atoms with van der Waals surface area (Å²) in [4.78, 5) is 0. The molecule has 0 spiro atoms. The lowest BCUT2D eigenvalue weighted by atomic mass is 9.70. The summed E-state index contributed by atoms with van der Waals surface area (Å²) in [5, 5.41) is 2.96. The van der Waals surface area contributed by atoms with Gasteiger partial charge in [-0.2, -0.15) is 17.6 Å². The monoisotopic (exact) mass is 647 g/mol. The van der Waals surface area contributed by atoms with Gasteiger partial charge in [0.05, 0.1) is 0 Å². The van der Waals surface area contributed by atoms with E-state index in [0.29, 0.717) is 5.56 Å². The largest absolute Gasteiger partial charge is 0.573 e.